The molecule has 0 heterocycles. The van der Waals surface area contributed by atoms with Crippen LogP contribution >= 0.6 is 0 Å². The number of carboxylic acid groups (broad SMARTS) is 1. The maximum atomic E-state index is 12.6. The minimum Gasteiger partial charge on any atom is -0.480 e. The van der Waals surface area contributed by atoms with Crippen LogP contribution < -0.4 is 33.2 Å². The molecule has 0 bridgehead atoms. The molecule has 13 nitrogen and oxygen atoms in total. The van der Waals surface area contributed by atoms with Crippen LogP contribution in [0.5, 0.6) is 0 Å². The van der Waals surface area contributed by atoms with Gasteiger partial charge in [0.15, 0.2) is 0 Å². The summed E-state index contributed by atoms with van der Waals surface area (Å²) in [5.74, 6) is -4.82. The number of primary amides is 2. The van der Waals surface area contributed by atoms with Gasteiger partial charge in [0, 0.05) is 12.8 Å². The van der Waals surface area contributed by atoms with Crippen LogP contribution in [-0.2, 0) is 28.8 Å². The number of nitrogens with two attached hydrogens (primary N) is 3. The Morgan fingerprint density at radius 1 is 0.750 bits per heavy atom. The molecule has 0 saturated heterocycles. The molecule has 0 aliphatic heterocycles. The van der Waals surface area contributed by atoms with E-state index >= 15 is 0 Å². The van der Waals surface area contributed by atoms with Crippen molar-refractivity contribution in [1.82, 2.24) is 16.0 Å². The summed E-state index contributed by atoms with van der Waals surface area (Å²) in [6.45, 7) is 4.99. The van der Waals surface area contributed by atoms with Gasteiger partial charge < -0.3 is 38.3 Å². The van der Waals surface area contributed by atoms with Gasteiger partial charge in [-0.15, -0.1) is 0 Å². The second-order valence-corrected chi connectivity index (χ2v) is 7.94. The number of carbonyl (C=O) groups excluding carboxylic acids is 5. The quantitative estimate of drug-likeness (QED) is 0.137. The zero-order valence-electron chi connectivity index (χ0n) is 18.6. The SMILES string of the molecule is CC(C)CC(NC(=O)C(C)NC(=O)C(N)CCC(N)=O)C(=O)NC(CCC(N)=O)C(=O)O. The maximum absolute atomic E-state index is 12.6. The number of amides is 5. The van der Waals surface area contributed by atoms with Crippen molar-refractivity contribution in [2.45, 2.75) is 77.0 Å². The van der Waals surface area contributed by atoms with Gasteiger partial charge in [-0.25, -0.2) is 4.79 Å². The highest BCUT2D eigenvalue weighted by Gasteiger charge is 2.29. The van der Waals surface area contributed by atoms with Gasteiger partial charge in [0.05, 0.1) is 6.04 Å². The van der Waals surface area contributed by atoms with Gasteiger partial charge in [-0.05, 0) is 32.1 Å². The zero-order chi connectivity index (χ0) is 25.0. The Labute approximate surface area is 186 Å². The molecule has 0 fully saturated rings. The lowest BCUT2D eigenvalue weighted by Crippen LogP contribution is -2.56. The number of nitrogens with one attached hydrogen (secondary N) is 3. The molecular weight excluding hydrogens is 424 g/mol. The third-order valence-corrected chi connectivity index (χ3v) is 4.42. The number of hydrogen-bond donors (Lipinski definition) is 7. The van der Waals surface area contributed by atoms with E-state index in [1.807, 2.05) is 0 Å². The summed E-state index contributed by atoms with van der Waals surface area (Å²) in [5, 5.41) is 16.4. The van der Waals surface area contributed by atoms with Crippen LogP contribution in [-0.4, -0.2) is 64.8 Å². The van der Waals surface area contributed by atoms with Gasteiger partial charge in [0.2, 0.25) is 29.5 Å². The van der Waals surface area contributed by atoms with Crippen molar-refractivity contribution in [2.24, 2.45) is 23.1 Å². The lowest BCUT2D eigenvalue weighted by atomic mass is 10.0. The van der Waals surface area contributed by atoms with Crippen molar-refractivity contribution in [3.63, 3.8) is 0 Å². The number of carbonyl (C=O) groups is 6. The second kappa shape index (κ2) is 14.0. The van der Waals surface area contributed by atoms with E-state index in [1.165, 1.54) is 6.92 Å². The molecule has 182 valence electrons. The molecule has 4 unspecified atom stereocenters. The fourth-order valence-corrected chi connectivity index (χ4v) is 2.63. The third-order valence-electron chi connectivity index (χ3n) is 4.42. The number of aliphatic carboxylic acids is 1. The standard InChI is InChI=1S/C19H34N6O7/c1-9(2)8-13(18(30)24-12(19(31)32)5-7-15(22)27)25-16(28)10(3)23-17(29)11(20)4-6-14(21)26/h9-13H,4-8,20H2,1-3H3,(H2,21,26)(H2,22,27)(H,23,29)(H,24,30)(H,25,28)(H,31,32). The summed E-state index contributed by atoms with van der Waals surface area (Å²) < 4.78 is 0. The maximum Gasteiger partial charge on any atom is 0.326 e. The van der Waals surface area contributed by atoms with Crippen LogP contribution in [0.4, 0.5) is 0 Å². The van der Waals surface area contributed by atoms with Gasteiger partial charge in [0.25, 0.3) is 0 Å². The molecule has 0 saturated carbocycles. The van der Waals surface area contributed by atoms with Crippen LogP contribution in [0.1, 0.15) is 52.9 Å². The average molecular weight is 459 g/mol. The number of carboxylic acids is 1. The fourth-order valence-electron chi connectivity index (χ4n) is 2.63. The first-order valence-electron chi connectivity index (χ1n) is 10.2. The second-order valence-electron chi connectivity index (χ2n) is 7.94. The van der Waals surface area contributed by atoms with Crippen LogP contribution in [0, 0.1) is 5.92 Å². The topological polar surface area (TPSA) is 237 Å². The molecule has 10 N–H and O–H groups in total. The normalized spacial score (nSPS) is 14.5. The van der Waals surface area contributed by atoms with Gasteiger partial charge >= 0.3 is 5.97 Å². The minimum atomic E-state index is -1.36. The predicted molar refractivity (Wildman–Crippen MR) is 113 cm³/mol. The molecule has 0 aromatic carbocycles. The molecule has 0 aliphatic carbocycles. The monoisotopic (exact) mass is 458 g/mol. The van der Waals surface area contributed by atoms with Gasteiger partial charge in [-0.3, -0.25) is 24.0 Å². The van der Waals surface area contributed by atoms with E-state index in [0.717, 1.165) is 0 Å². The summed E-state index contributed by atoms with van der Waals surface area (Å²) in [6.07, 6.45) is -0.327. The number of hydrogen-bond acceptors (Lipinski definition) is 7. The fraction of sp³-hybridized carbons (Fsp3) is 0.684. The zero-order valence-corrected chi connectivity index (χ0v) is 18.6. The largest absolute Gasteiger partial charge is 0.480 e. The third kappa shape index (κ3) is 11.8. The van der Waals surface area contributed by atoms with Crippen LogP contribution in [0.25, 0.3) is 0 Å². The first-order valence-corrected chi connectivity index (χ1v) is 10.2. The van der Waals surface area contributed by atoms with Crippen molar-refractivity contribution in [3.8, 4) is 0 Å². The van der Waals surface area contributed by atoms with E-state index in [4.69, 9.17) is 17.2 Å². The molecule has 4 atom stereocenters. The summed E-state index contributed by atoms with van der Waals surface area (Å²) >= 11 is 0. The lowest BCUT2D eigenvalue weighted by Gasteiger charge is -2.24. The van der Waals surface area contributed by atoms with Gasteiger partial charge in [0.1, 0.15) is 18.1 Å². The van der Waals surface area contributed by atoms with E-state index in [9.17, 15) is 33.9 Å². The Balaban J connectivity index is 5.08. The van der Waals surface area contributed by atoms with Gasteiger partial charge in [-0.1, -0.05) is 13.8 Å². The Bertz CT molecular complexity index is 712. The minimum absolute atomic E-state index is 0.00969. The lowest BCUT2D eigenvalue weighted by molar-refractivity contribution is -0.142. The number of rotatable bonds is 15. The molecule has 0 aromatic heterocycles. The summed E-state index contributed by atoms with van der Waals surface area (Å²) in [4.78, 5) is 70.3. The molecule has 0 radical (unpaired) electrons. The highest BCUT2D eigenvalue weighted by molar-refractivity contribution is 5.94. The molecule has 0 spiro atoms. The first-order chi connectivity index (χ1) is 14.7. The molecule has 0 rings (SSSR count). The van der Waals surface area contributed by atoms with Gasteiger partial charge in [-0.2, -0.15) is 0 Å². The summed E-state index contributed by atoms with van der Waals surface area (Å²) in [7, 11) is 0. The van der Waals surface area contributed by atoms with Crippen molar-refractivity contribution < 1.29 is 33.9 Å². The Kier molecular flexibility index (Phi) is 12.6. The first kappa shape index (κ1) is 28.8. The molecule has 0 aliphatic rings. The van der Waals surface area contributed by atoms with Crippen LogP contribution in [0.3, 0.4) is 0 Å². The highest BCUT2D eigenvalue weighted by atomic mass is 16.4. The van der Waals surface area contributed by atoms with Crippen molar-refractivity contribution >= 4 is 35.5 Å². The van der Waals surface area contributed by atoms with Crippen LogP contribution in [0.15, 0.2) is 0 Å². The van der Waals surface area contributed by atoms with E-state index in [2.05, 4.69) is 16.0 Å². The highest BCUT2D eigenvalue weighted by Crippen LogP contribution is 2.07. The Morgan fingerprint density at radius 3 is 1.72 bits per heavy atom. The average Bonchev–Trinajstić information content (AvgIpc) is 2.67. The smallest absolute Gasteiger partial charge is 0.326 e. The molecule has 32 heavy (non-hydrogen) atoms. The Morgan fingerprint density at radius 2 is 1.25 bits per heavy atom. The molecular formula is C19H34N6O7. The van der Waals surface area contributed by atoms with Crippen LogP contribution in [0.2, 0.25) is 0 Å². The van der Waals surface area contributed by atoms with E-state index in [0.29, 0.717) is 0 Å². The Hall–Kier alpha value is -3.22. The molecule has 13 heteroatoms. The van der Waals surface area contributed by atoms with E-state index in [-0.39, 0.29) is 38.0 Å². The van der Waals surface area contributed by atoms with Crippen molar-refractivity contribution in [1.29, 1.82) is 0 Å². The molecule has 0 aromatic rings. The van der Waals surface area contributed by atoms with Crippen molar-refractivity contribution in [2.75, 3.05) is 0 Å². The predicted octanol–water partition coefficient (Wildman–Crippen LogP) is -2.55. The summed E-state index contributed by atoms with van der Waals surface area (Å²) in [5.41, 5.74) is 15.7. The molecule has 5 amide bonds. The van der Waals surface area contributed by atoms with Crippen molar-refractivity contribution in [3.05, 3.63) is 0 Å². The summed E-state index contributed by atoms with van der Waals surface area (Å²) in [6, 6.07) is -4.55. The van der Waals surface area contributed by atoms with E-state index in [1.54, 1.807) is 13.8 Å². The van der Waals surface area contributed by atoms with E-state index < -0.39 is 59.7 Å².